The minimum absolute atomic E-state index is 0. The lowest BCUT2D eigenvalue weighted by atomic mass is 9.68. The Labute approximate surface area is 144 Å². The molecule has 1 unspecified atom stereocenters. The molecule has 2 rings (SSSR count). The first-order chi connectivity index (χ1) is 10.1. The Morgan fingerprint density at radius 1 is 1.32 bits per heavy atom. The molecule has 22 heavy (non-hydrogen) atoms. The molecule has 0 bridgehead atoms. The van der Waals surface area contributed by atoms with Crippen LogP contribution in [0.4, 0.5) is 0 Å². The number of hydrogen-bond donors (Lipinski definition) is 2. The van der Waals surface area contributed by atoms with E-state index < -0.39 is 5.41 Å². The summed E-state index contributed by atoms with van der Waals surface area (Å²) in [5, 5.41) is 6.97. The third kappa shape index (κ3) is 4.37. The van der Waals surface area contributed by atoms with Gasteiger partial charge in [-0.3, -0.25) is 4.79 Å². The van der Waals surface area contributed by atoms with Gasteiger partial charge in [-0.25, -0.2) is 0 Å². The smallest absolute Gasteiger partial charge is 0.230 e. The van der Waals surface area contributed by atoms with E-state index in [2.05, 4.69) is 17.6 Å². The van der Waals surface area contributed by atoms with Crippen molar-refractivity contribution in [2.45, 2.75) is 50.5 Å². The van der Waals surface area contributed by atoms with E-state index >= 15 is 0 Å². The van der Waals surface area contributed by atoms with Gasteiger partial charge in [0.25, 0.3) is 0 Å². The van der Waals surface area contributed by atoms with Gasteiger partial charge >= 0.3 is 0 Å². The first-order valence-corrected chi connectivity index (χ1v) is 8.18. The van der Waals surface area contributed by atoms with Gasteiger partial charge in [0.15, 0.2) is 0 Å². The highest BCUT2D eigenvalue weighted by molar-refractivity contribution is 6.30. The lowest BCUT2D eigenvalue weighted by molar-refractivity contribution is -0.128. The fourth-order valence-corrected chi connectivity index (χ4v) is 3.30. The number of halogens is 2. The van der Waals surface area contributed by atoms with Crippen LogP contribution in [0, 0.1) is 0 Å². The summed E-state index contributed by atoms with van der Waals surface area (Å²) in [5.74, 6) is 0.145. The maximum absolute atomic E-state index is 12.9. The first kappa shape index (κ1) is 19.3. The minimum atomic E-state index is -0.406. The van der Waals surface area contributed by atoms with Crippen LogP contribution in [0.1, 0.15) is 44.6 Å². The zero-order valence-electron chi connectivity index (χ0n) is 13.3. The van der Waals surface area contributed by atoms with E-state index in [4.69, 9.17) is 11.6 Å². The summed E-state index contributed by atoms with van der Waals surface area (Å²) in [7, 11) is 1.91. The molecule has 3 nitrogen and oxygen atoms in total. The largest absolute Gasteiger partial charge is 0.354 e. The van der Waals surface area contributed by atoms with Crippen molar-refractivity contribution >= 4 is 29.9 Å². The number of amides is 1. The topological polar surface area (TPSA) is 41.1 Å². The molecule has 0 aliphatic heterocycles. The summed E-state index contributed by atoms with van der Waals surface area (Å²) in [5.41, 5.74) is 0.653. The van der Waals surface area contributed by atoms with Crippen LogP contribution in [0.5, 0.6) is 0 Å². The third-order valence-corrected chi connectivity index (χ3v) is 4.82. The van der Waals surface area contributed by atoms with Gasteiger partial charge in [0.1, 0.15) is 0 Å². The van der Waals surface area contributed by atoms with Crippen molar-refractivity contribution in [2.24, 2.45) is 0 Å². The molecule has 1 amide bonds. The second kappa shape index (κ2) is 8.76. The monoisotopic (exact) mass is 344 g/mol. The number of likely N-dealkylation sites (N-methyl/N-ethyl adjacent to an activating group) is 1. The maximum atomic E-state index is 12.9. The number of nitrogens with one attached hydrogen (secondary N) is 2. The molecular weight excluding hydrogens is 319 g/mol. The predicted molar refractivity (Wildman–Crippen MR) is 95.0 cm³/mol. The van der Waals surface area contributed by atoms with Gasteiger partial charge in [-0.2, -0.15) is 0 Å². The number of benzene rings is 1. The number of carbonyl (C=O) groups excluding carboxylic acids is 1. The van der Waals surface area contributed by atoms with Crippen molar-refractivity contribution in [1.29, 1.82) is 0 Å². The third-order valence-electron chi connectivity index (χ3n) is 4.58. The SMILES string of the molecule is CNC(C)CNC(=O)C1(c2cccc(Cl)c2)CCCCC1.Cl. The van der Waals surface area contributed by atoms with Crippen molar-refractivity contribution < 1.29 is 4.79 Å². The van der Waals surface area contributed by atoms with Crippen LogP contribution in [-0.4, -0.2) is 25.5 Å². The standard InChI is InChI=1S/C17H25ClN2O.ClH/c1-13(19-2)12-20-16(21)17(9-4-3-5-10-17)14-7-6-8-15(18)11-14;/h6-8,11,13,19H,3-5,9-10,12H2,1-2H3,(H,20,21);1H. The molecule has 2 N–H and O–H groups in total. The molecule has 1 fully saturated rings. The van der Waals surface area contributed by atoms with E-state index in [9.17, 15) is 4.79 Å². The Bertz CT molecular complexity index is 487. The average Bonchev–Trinajstić information content (AvgIpc) is 2.52. The average molecular weight is 345 g/mol. The molecule has 5 heteroatoms. The van der Waals surface area contributed by atoms with E-state index in [1.165, 1.54) is 6.42 Å². The van der Waals surface area contributed by atoms with E-state index in [1.807, 2.05) is 31.3 Å². The summed E-state index contributed by atoms with van der Waals surface area (Å²) in [4.78, 5) is 12.9. The molecule has 1 aliphatic rings. The molecule has 0 heterocycles. The fourth-order valence-electron chi connectivity index (χ4n) is 3.11. The highest BCUT2D eigenvalue weighted by atomic mass is 35.5. The summed E-state index contributed by atoms with van der Waals surface area (Å²) in [6.45, 7) is 2.71. The van der Waals surface area contributed by atoms with E-state index in [0.29, 0.717) is 11.6 Å². The molecule has 1 aromatic carbocycles. The first-order valence-electron chi connectivity index (χ1n) is 7.80. The second-order valence-electron chi connectivity index (χ2n) is 6.05. The molecule has 0 aromatic heterocycles. The molecule has 1 atom stereocenters. The number of rotatable bonds is 5. The summed E-state index contributed by atoms with van der Waals surface area (Å²) < 4.78 is 0. The summed E-state index contributed by atoms with van der Waals surface area (Å²) in [6, 6.07) is 8.07. The van der Waals surface area contributed by atoms with Gasteiger partial charge in [0.2, 0.25) is 5.91 Å². The van der Waals surface area contributed by atoms with Gasteiger partial charge < -0.3 is 10.6 Å². The highest BCUT2D eigenvalue weighted by Gasteiger charge is 2.41. The summed E-state index contributed by atoms with van der Waals surface area (Å²) in [6.07, 6.45) is 5.23. The quantitative estimate of drug-likeness (QED) is 0.855. The van der Waals surface area contributed by atoms with Crippen LogP contribution >= 0.6 is 24.0 Å². The molecule has 0 spiro atoms. The Hall–Kier alpha value is -0.770. The van der Waals surface area contributed by atoms with Crippen molar-refractivity contribution in [3.8, 4) is 0 Å². The van der Waals surface area contributed by atoms with E-state index in [0.717, 1.165) is 31.2 Å². The van der Waals surface area contributed by atoms with Gasteiger partial charge in [-0.1, -0.05) is 43.0 Å². The van der Waals surface area contributed by atoms with Gasteiger partial charge in [0, 0.05) is 17.6 Å². The Kier molecular flexibility index (Phi) is 7.67. The van der Waals surface area contributed by atoms with Crippen molar-refractivity contribution in [1.82, 2.24) is 10.6 Å². The van der Waals surface area contributed by atoms with Crippen molar-refractivity contribution in [3.05, 3.63) is 34.9 Å². The van der Waals surface area contributed by atoms with Gasteiger partial charge in [0.05, 0.1) is 5.41 Å². The zero-order valence-corrected chi connectivity index (χ0v) is 14.9. The fraction of sp³-hybridized carbons (Fsp3) is 0.588. The van der Waals surface area contributed by atoms with Gasteiger partial charge in [-0.15, -0.1) is 12.4 Å². The van der Waals surface area contributed by atoms with Crippen LogP contribution in [0.15, 0.2) is 24.3 Å². The molecule has 0 radical (unpaired) electrons. The van der Waals surface area contributed by atoms with E-state index in [1.54, 1.807) is 0 Å². The van der Waals surface area contributed by atoms with Gasteiger partial charge in [-0.05, 0) is 44.5 Å². The minimum Gasteiger partial charge on any atom is -0.354 e. The predicted octanol–water partition coefficient (Wildman–Crippen LogP) is 3.69. The van der Waals surface area contributed by atoms with Crippen LogP contribution < -0.4 is 10.6 Å². The molecule has 1 aliphatic carbocycles. The maximum Gasteiger partial charge on any atom is 0.230 e. The molecule has 124 valence electrons. The molecule has 0 saturated heterocycles. The van der Waals surface area contributed by atoms with Crippen LogP contribution in [0.25, 0.3) is 0 Å². The van der Waals surface area contributed by atoms with Crippen molar-refractivity contribution in [3.63, 3.8) is 0 Å². The lowest BCUT2D eigenvalue weighted by Crippen LogP contribution is -2.48. The van der Waals surface area contributed by atoms with Crippen LogP contribution in [-0.2, 0) is 10.2 Å². The van der Waals surface area contributed by atoms with Crippen molar-refractivity contribution in [2.75, 3.05) is 13.6 Å². The number of carbonyl (C=O) groups is 1. The van der Waals surface area contributed by atoms with Crippen LogP contribution in [0.2, 0.25) is 5.02 Å². The number of hydrogen-bond acceptors (Lipinski definition) is 2. The zero-order chi connectivity index (χ0) is 15.3. The Morgan fingerprint density at radius 2 is 2.00 bits per heavy atom. The molecule has 1 saturated carbocycles. The normalized spacial score (nSPS) is 18.1. The summed E-state index contributed by atoms with van der Waals surface area (Å²) >= 11 is 6.14. The van der Waals surface area contributed by atoms with E-state index in [-0.39, 0.29) is 24.4 Å². The molecule has 1 aromatic rings. The second-order valence-corrected chi connectivity index (χ2v) is 6.49. The van der Waals surface area contributed by atoms with Crippen LogP contribution in [0.3, 0.4) is 0 Å². The Balaban J connectivity index is 0.00000242. The molecular formula is C17H26Cl2N2O. The Morgan fingerprint density at radius 3 is 2.59 bits per heavy atom. The lowest BCUT2D eigenvalue weighted by Gasteiger charge is -2.36. The highest BCUT2D eigenvalue weighted by Crippen LogP contribution is 2.40.